The maximum atomic E-state index is 10.8. The smallest absolute Gasteiger partial charge is 0.333 e. The second-order valence-corrected chi connectivity index (χ2v) is 4.20. The van der Waals surface area contributed by atoms with Crippen LogP contribution in [0, 0.1) is 0 Å². The van der Waals surface area contributed by atoms with Crippen LogP contribution < -0.4 is 0 Å². The zero-order valence-corrected chi connectivity index (χ0v) is 11.9. The molecule has 0 radical (unpaired) electrons. The summed E-state index contributed by atoms with van der Waals surface area (Å²) in [5.74, 6) is -0.313. The van der Waals surface area contributed by atoms with Crippen LogP contribution in [-0.2, 0) is 9.53 Å². The number of ether oxygens (including phenoxy) is 1. The molecule has 0 fully saturated rings. The Morgan fingerprint density at radius 2 is 2.00 bits per heavy atom. The van der Waals surface area contributed by atoms with Crippen molar-refractivity contribution in [3.05, 3.63) is 48.8 Å². The topological polar surface area (TPSA) is 42.4 Å². The Labute approximate surface area is 115 Å². The van der Waals surface area contributed by atoms with E-state index in [1.54, 1.807) is 25.4 Å². The molecule has 0 spiro atoms. The van der Waals surface area contributed by atoms with Crippen molar-refractivity contribution in [2.24, 2.45) is 0 Å². The molecule has 0 atom stereocenters. The van der Waals surface area contributed by atoms with E-state index in [-0.39, 0.29) is 5.97 Å². The van der Waals surface area contributed by atoms with Gasteiger partial charge in [-0.3, -0.25) is 4.98 Å². The summed E-state index contributed by atoms with van der Waals surface area (Å²) in [5.41, 5.74) is 1.56. The highest BCUT2D eigenvalue weighted by atomic mass is 16.5. The minimum Gasteiger partial charge on any atom is -0.461 e. The average molecular weight is 262 g/mol. The van der Waals surface area contributed by atoms with Gasteiger partial charge >= 0.3 is 5.97 Å². The van der Waals surface area contributed by atoms with Gasteiger partial charge in [0, 0.05) is 24.5 Å². The molecule has 0 saturated carbocycles. The van der Waals surface area contributed by atoms with E-state index in [2.05, 4.69) is 18.1 Å². The molecule has 0 aliphatic carbocycles. The van der Waals surface area contributed by atoms with Crippen molar-refractivity contribution in [3.63, 3.8) is 0 Å². The first kappa shape index (κ1) is 17.1. The lowest BCUT2D eigenvalue weighted by atomic mass is 10.3. The number of hydrogen-bond acceptors (Lipinski definition) is 4. The summed E-state index contributed by atoms with van der Waals surface area (Å²) in [7, 11) is 3.85. The summed E-state index contributed by atoms with van der Waals surface area (Å²) < 4.78 is 4.83. The molecule has 104 valence electrons. The molecule has 0 saturated heterocycles. The molecular weight excluding hydrogens is 240 g/mol. The minimum absolute atomic E-state index is 0.313. The van der Waals surface area contributed by atoms with Gasteiger partial charge in [-0.25, -0.2) is 4.79 Å². The number of carbonyl (C=O) groups is 1. The number of rotatable bonds is 5. The molecule has 0 amide bonds. The molecule has 19 heavy (non-hydrogen) atoms. The predicted molar refractivity (Wildman–Crippen MR) is 78.7 cm³/mol. The number of pyridine rings is 1. The summed E-state index contributed by atoms with van der Waals surface area (Å²) >= 11 is 0. The lowest BCUT2D eigenvalue weighted by Crippen LogP contribution is -2.20. The Balaban J connectivity index is 0.000000356. The van der Waals surface area contributed by atoms with Crippen LogP contribution in [0.1, 0.15) is 12.5 Å². The van der Waals surface area contributed by atoms with Gasteiger partial charge in [0.2, 0.25) is 0 Å². The fourth-order valence-electron chi connectivity index (χ4n) is 0.944. The maximum absolute atomic E-state index is 10.8. The Morgan fingerprint density at radius 3 is 2.37 bits per heavy atom. The maximum Gasteiger partial charge on any atom is 0.333 e. The van der Waals surface area contributed by atoms with Crippen LogP contribution in [0.5, 0.6) is 0 Å². The fraction of sp³-hybridized carbons (Fsp3) is 0.333. The van der Waals surface area contributed by atoms with Crippen molar-refractivity contribution in [1.82, 2.24) is 9.88 Å². The third kappa shape index (κ3) is 9.73. The quantitative estimate of drug-likeness (QED) is 0.603. The largest absolute Gasteiger partial charge is 0.461 e. The van der Waals surface area contributed by atoms with E-state index in [1.165, 1.54) is 0 Å². The van der Waals surface area contributed by atoms with Crippen LogP contribution in [0.2, 0.25) is 0 Å². The van der Waals surface area contributed by atoms with Crippen molar-refractivity contribution >= 4 is 12.0 Å². The molecule has 1 aromatic rings. The van der Waals surface area contributed by atoms with Gasteiger partial charge in [0.15, 0.2) is 0 Å². The summed E-state index contributed by atoms with van der Waals surface area (Å²) in [4.78, 5) is 16.6. The van der Waals surface area contributed by atoms with E-state index in [1.807, 2.05) is 31.1 Å². The van der Waals surface area contributed by atoms with Gasteiger partial charge in [0.25, 0.3) is 0 Å². The molecule has 0 N–H and O–H groups in total. The van der Waals surface area contributed by atoms with Crippen molar-refractivity contribution in [2.45, 2.75) is 6.92 Å². The number of nitrogens with zero attached hydrogens (tertiary/aromatic N) is 2. The van der Waals surface area contributed by atoms with Crippen LogP contribution in [0.15, 0.2) is 43.3 Å². The normalized spacial score (nSPS) is 9.26. The third-order valence-electron chi connectivity index (χ3n) is 2.06. The molecule has 1 rings (SSSR count). The summed E-state index contributed by atoms with van der Waals surface area (Å²) in [6.45, 7) is 9.88. The highest BCUT2D eigenvalue weighted by molar-refractivity contribution is 5.86. The van der Waals surface area contributed by atoms with E-state index >= 15 is 0 Å². The van der Waals surface area contributed by atoms with Gasteiger partial charge in [-0.2, -0.15) is 0 Å². The SMILES string of the molecule is C=C(C)C(=O)OCCN(C)C.C=Cc1ccncc1. The molecule has 0 unspecified atom stereocenters. The number of hydrogen-bond donors (Lipinski definition) is 0. The van der Waals surface area contributed by atoms with E-state index < -0.39 is 0 Å². The van der Waals surface area contributed by atoms with Crippen LogP contribution >= 0.6 is 0 Å². The number of carbonyl (C=O) groups excluding carboxylic acids is 1. The standard InChI is InChI=1S/C8H15NO2.C7H7N/c1-7(2)8(10)11-6-5-9(3)4;1-2-7-3-5-8-6-4-7/h1,5-6H2,2-4H3;2-6H,1H2. The van der Waals surface area contributed by atoms with Gasteiger partial charge in [-0.05, 0) is 38.7 Å². The lowest BCUT2D eigenvalue weighted by Gasteiger charge is -2.09. The molecule has 1 aromatic heterocycles. The van der Waals surface area contributed by atoms with Crippen LogP contribution in [0.4, 0.5) is 0 Å². The summed E-state index contributed by atoms with van der Waals surface area (Å²) in [5, 5.41) is 0. The zero-order chi connectivity index (χ0) is 14.7. The monoisotopic (exact) mass is 262 g/mol. The van der Waals surface area contributed by atoms with E-state index in [0.29, 0.717) is 12.2 Å². The Morgan fingerprint density at radius 1 is 1.42 bits per heavy atom. The van der Waals surface area contributed by atoms with Gasteiger partial charge in [0.05, 0.1) is 0 Å². The van der Waals surface area contributed by atoms with Gasteiger partial charge in [0.1, 0.15) is 6.61 Å². The second kappa shape index (κ2) is 10.0. The summed E-state index contributed by atoms with van der Waals surface area (Å²) in [6, 6.07) is 3.82. The first-order valence-corrected chi connectivity index (χ1v) is 5.97. The van der Waals surface area contributed by atoms with E-state index in [4.69, 9.17) is 4.74 Å². The minimum atomic E-state index is -0.313. The number of likely N-dealkylation sites (N-methyl/N-ethyl adjacent to an activating group) is 1. The van der Waals surface area contributed by atoms with Crippen molar-refractivity contribution < 1.29 is 9.53 Å². The van der Waals surface area contributed by atoms with E-state index in [0.717, 1.165) is 12.1 Å². The van der Waals surface area contributed by atoms with Crippen LogP contribution in [0.25, 0.3) is 6.08 Å². The van der Waals surface area contributed by atoms with Gasteiger partial charge in [-0.15, -0.1) is 0 Å². The first-order valence-electron chi connectivity index (χ1n) is 5.97. The molecule has 0 aromatic carbocycles. The van der Waals surface area contributed by atoms with Crippen molar-refractivity contribution in [1.29, 1.82) is 0 Å². The Bertz CT molecular complexity index is 400. The molecule has 1 heterocycles. The number of esters is 1. The average Bonchev–Trinajstić information content (AvgIpc) is 2.39. The lowest BCUT2D eigenvalue weighted by molar-refractivity contribution is -0.139. The van der Waals surface area contributed by atoms with Gasteiger partial charge in [-0.1, -0.05) is 19.2 Å². The van der Waals surface area contributed by atoms with Crippen LogP contribution in [-0.4, -0.2) is 43.1 Å². The summed E-state index contributed by atoms with van der Waals surface area (Å²) in [6.07, 6.45) is 5.29. The third-order valence-corrected chi connectivity index (χ3v) is 2.06. The van der Waals surface area contributed by atoms with Crippen molar-refractivity contribution in [2.75, 3.05) is 27.2 Å². The fourth-order valence-corrected chi connectivity index (χ4v) is 0.944. The second-order valence-electron chi connectivity index (χ2n) is 4.20. The number of aromatic nitrogens is 1. The first-order chi connectivity index (χ1) is 8.97. The van der Waals surface area contributed by atoms with E-state index in [9.17, 15) is 4.79 Å². The van der Waals surface area contributed by atoms with Crippen molar-refractivity contribution in [3.8, 4) is 0 Å². The molecule has 0 aliphatic rings. The highest BCUT2D eigenvalue weighted by Gasteiger charge is 2.01. The molecular formula is C15H22N2O2. The molecule has 0 aliphatic heterocycles. The zero-order valence-electron chi connectivity index (χ0n) is 11.9. The molecule has 0 bridgehead atoms. The Kier molecular flexibility index (Phi) is 9.00. The highest BCUT2D eigenvalue weighted by Crippen LogP contribution is 1.95. The Hall–Kier alpha value is -1.94. The van der Waals surface area contributed by atoms with Gasteiger partial charge < -0.3 is 9.64 Å². The molecule has 4 heteroatoms. The molecule has 4 nitrogen and oxygen atoms in total. The van der Waals surface area contributed by atoms with Crippen LogP contribution in [0.3, 0.4) is 0 Å². The predicted octanol–water partition coefficient (Wildman–Crippen LogP) is 2.39.